The van der Waals surface area contributed by atoms with Gasteiger partial charge in [-0.3, -0.25) is 10.1 Å². The molecule has 1 aliphatic rings. The van der Waals surface area contributed by atoms with Crippen molar-refractivity contribution < 1.29 is 9.59 Å². The van der Waals surface area contributed by atoms with Crippen LogP contribution in [0.15, 0.2) is 0 Å². The monoisotopic (exact) mass is 264 g/mol. The molecular weight excluding hydrogens is 248 g/mol. The van der Waals surface area contributed by atoms with E-state index in [1.54, 1.807) is 0 Å². The van der Waals surface area contributed by atoms with Gasteiger partial charge in [-0.2, -0.15) is 11.8 Å². The summed E-state index contributed by atoms with van der Waals surface area (Å²) in [5.41, 5.74) is 0. The van der Waals surface area contributed by atoms with E-state index in [0.29, 0.717) is 5.25 Å². The molecule has 4 nitrogen and oxygen atoms in total. The number of hydrogen-bond acceptors (Lipinski definition) is 3. The average molecular weight is 265 g/mol. The summed E-state index contributed by atoms with van der Waals surface area (Å²) < 4.78 is 0. The Hall–Kier alpha value is -0.420. The van der Waals surface area contributed by atoms with Crippen molar-refractivity contribution in [3.05, 3.63) is 0 Å². The van der Waals surface area contributed by atoms with Crippen LogP contribution in [0.25, 0.3) is 0 Å². The first kappa shape index (κ1) is 13.6. The van der Waals surface area contributed by atoms with Crippen LogP contribution >= 0.6 is 23.4 Å². The van der Waals surface area contributed by atoms with Crippen LogP contribution in [0.2, 0.25) is 0 Å². The van der Waals surface area contributed by atoms with E-state index < -0.39 is 11.9 Å². The van der Waals surface area contributed by atoms with Gasteiger partial charge in [-0.25, -0.2) is 4.79 Å². The number of carbonyl (C=O) groups excluding carboxylic acids is 2. The molecule has 0 aromatic heterocycles. The van der Waals surface area contributed by atoms with Crippen molar-refractivity contribution in [1.29, 1.82) is 0 Å². The molecule has 0 heterocycles. The predicted molar refractivity (Wildman–Crippen MR) is 67.0 cm³/mol. The molecule has 0 radical (unpaired) electrons. The Kier molecular flexibility index (Phi) is 5.98. The summed E-state index contributed by atoms with van der Waals surface area (Å²) in [6, 6.07) is -0.257. The topological polar surface area (TPSA) is 58.2 Å². The maximum Gasteiger partial charge on any atom is 0.321 e. The summed E-state index contributed by atoms with van der Waals surface area (Å²) in [5, 5.41) is 5.49. The van der Waals surface area contributed by atoms with Crippen molar-refractivity contribution >= 4 is 35.3 Å². The third-order valence-corrected chi connectivity index (χ3v) is 4.09. The Morgan fingerprint density at radius 1 is 1.44 bits per heavy atom. The van der Waals surface area contributed by atoms with E-state index in [-0.39, 0.29) is 11.9 Å². The fourth-order valence-electron chi connectivity index (χ4n) is 1.87. The van der Waals surface area contributed by atoms with Gasteiger partial charge in [-0.05, 0) is 18.6 Å². The Morgan fingerprint density at radius 3 is 2.81 bits per heavy atom. The molecule has 0 aromatic rings. The van der Waals surface area contributed by atoms with Crippen molar-refractivity contribution in [1.82, 2.24) is 10.6 Å². The summed E-state index contributed by atoms with van der Waals surface area (Å²) in [7, 11) is 0. The smallest absolute Gasteiger partial charge is 0.321 e. The number of amides is 3. The van der Waals surface area contributed by atoms with E-state index in [9.17, 15) is 9.59 Å². The van der Waals surface area contributed by atoms with E-state index in [1.165, 1.54) is 0 Å². The third-order valence-electron chi connectivity index (χ3n) is 2.52. The molecule has 0 spiro atoms. The lowest BCUT2D eigenvalue weighted by molar-refractivity contribution is -0.117. The van der Waals surface area contributed by atoms with Gasteiger partial charge in [0, 0.05) is 11.3 Å². The molecule has 0 aromatic carbocycles. The molecule has 3 amide bonds. The number of alkyl halides is 1. The Balaban J connectivity index is 2.35. The van der Waals surface area contributed by atoms with Gasteiger partial charge in [0.15, 0.2) is 0 Å². The van der Waals surface area contributed by atoms with Crippen LogP contribution < -0.4 is 10.6 Å². The molecule has 0 saturated heterocycles. The Morgan fingerprint density at radius 2 is 2.19 bits per heavy atom. The first-order valence-corrected chi connectivity index (χ1v) is 7.03. The second kappa shape index (κ2) is 7.01. The van der Waals surface area contributed by atoms with Gasteiger partial charge in [0.25, 0.3) is 0 Å². The zero-order valence-electron chi connectivity index (χ0n) is 9.29. The Bertz CT molecular complexity index is 263. The second-order valence-corrected chi connectivity index (χ2v) is 5.47. The summed E-state index contributed by atoms with van der Waals surface area (Å²) >= 11 is 7.16. The number of nitrogens with one attached hydrogen (secondary N) is 2. The van der Waals surface area contributed by atoms with Gasteiger partial charge in [0.2, 0.25) is 5.91 Å². The van der Waals surface area contributed by atoms with Crippen LogP contribution in [0.4, 0.5) is 4.79 Å². The number of urea groups is 1. The summed E-state index contributed by atoms with van der Waals surface area (Å²) in [6.45, 7) is 2.11. The molecule has 1 rings (SSSR count). The van der Waals surface area contributed by atoms with Crippen LogP contribution in [-0.4, -0.2) is 34.9 Å². The molecule has 92 valence electrons. The fraction of sp³-hybridized carbons (Fsp3) is 0.800. The van der Waals surface area contributed by atoms with Gasteiger partial charge >= 0.3 is 6.03 Å². The lowest BCUT2D eigenvalue weighted by Crippen LogP contribution is -2.47. The van der Waals surface area contributed by atoms with Crippen LogP contribution in [0.3, 0.4) is 0 Å². The van der Waals surface area contributed by atoms with Crippen molar-refractivity contribution in [3.63, 3.8) is 0 Å². The molecule has 6 heteroatoms. The maximum absolute atomic E-state index is 11.4. The van der Waals surface area contributed by atoms with E-state index in [2.05, 4.69) is 17.6 Å². The van der Waals surface area contributed by atoms with Gasteiger partial charge in [0.05, 0.1) is 0 Å². The first-order valence-electron chi connectivity index (χ1n) is 5.45. The first-order chi connectivity index (χ1) is 7.67. The van der Waals surface area contributed by atoms with Crippen molar-refractivity contribution in [2.24, 2.45) is 0 Å². The lowest BCUT2D eigenvalue weighted by atomic mass is 10.2. The Labute approximate surface area is 105 Å². The van der Waals surface area contributed by atoms with Gasteiger partial charge in [-0.15, -0.1) is 11.6 Å². The standard InChI is InChI=1S/C10H17ClN2O2S/c1-2-16-8-5-3-4-7(8)12-10(15)13-9(14)6-11/h7-8H,2-6H2,1H3,(H2,12,13,14,15). The highest BCUT2D eigenvalue weighted by atomic mass is 35.5. The molecular formula is C10H17ClN2O2S. The molecule has 0 aliphatic heterocycles. The van der Waals surface area contributed by atoms with Crippen LogP contribution in [0.5, 0.6) is 0 Å². The maximum atomic E-state index is 11.4. The number of halogens is 1. The van der Waals surface area contributed by atoms with Crippen molar-refractivity contribution in [2.45, 2.75) is 37.5 Å². The molecule has 16 heavy (non-hydrogen) atoms. The van der Waals surface area contributed by atoms with Gasteiger partial charge < -0.3 is 5.32 Å². The van der Waals surface area contributed by atoms with Gasteiger partial charge in [0.1, 0.15) is 5.88 Å². The normalized spacial score (nSPS) is 24.1. The SMILES string of the molecule is CCSC1CCCC1NC(=O)NC(=O)CCl. The predicted octanol–water partition coefficient (Wildman–Crippen LogP) is 1.73. The molecule has 2 unspecified atom stereocenters. The molecule has 1 aliphatic carbocycles. The molecule has 1 saturated carbocycles. The van der Waals surface area contributed by atoms with Crippen LogP contribution in [-0.2, 0) is 4.79 Å². The number of hydrogen-bond donors (Lipinski definition) is 2. The minimum atomic E-state index is -0.461. The van der Waals surface area contributed by atoms with Gasteiger partial charge in [-0.1, -0.05) is 13.3 Å². The highest BCUT2D eigenvalue weighted by Gasteiger charge is 2.28. The quantitative estimate of drug-likeness (QED) is 0.761. The van der Waals surface area contributed by atoms with Crippen LogP contribution in [0.1, 0.15) is 26.2 Å². The minimum Gasteiger partial charge on any atom is -0.334 e. The number of imide groups is 1. The van der Waals surface area contributed by atoms with E-state index in [1.807, 2.05) is 11.8 Å². The lowest BCUT2D eigenvalue weighted by Gasteiger charge is -2.19. The van der Waals surface area contributed by atoms with E-state index in [0.717, 1.165) is 25.0 Å². The molecule has 1 fully saturated rings. The number of thioether (sulfide) groups is 1. The molecule has 2 atom stereocenters. The highest BCUT2D eigenvalue weighted by Crippen LogP contribution is 2.29. The van der Waals surface area contributed by atoms with E-state index >= 15 is 0 Å². The van der Waals surface area contributed by atoms with Crippen LogP contribution in [0, 0.1) is 0 Å². The van der Waals surface area contributed by atoms with E-state index in [4.69, 9.17) is 11.6 Å². The fourth-order valence-corrected chi connectivity index (χ4v) is 3.13. The summed E-state index contributed by atoms with van der Waals surface area (Å²) in [4.78, 5) is 22.3. The number of carbonyl (C=O) groups is 2. The average Bonchev–Trinajstić information content (AvgIpc) is 2.66. The summed E-state index contributed by atoms with van der Waals surface area (Å²) in [5.74, 6) is 0.396. The second-order valence-electron chi connectivity index (χ2n) is 3.69. The molecule has 2 N–H and O–H groups in total. The summed E-state index contributed by atoms with van der Waals surface area (Å²) in [6.07, 6.45) is 3.25. The highest BCUT2D eigenvalue weighted by molar-refractivity contribution is 7.99. The minimum absolute atomic E-state index is 0.174. The molecule has 0 bridgehead atoms. The largest absolute Gasteiger partial charge is 0.334 e. The number of rotatable bonds is 4. The zero-order valence-corrected chi connectivity index (χ0v) is 10.9. The van der Waals surface area contributed by atoms with Crippen molar-refractivity contribution in [2.75, 3.05) is 11.6 Å². The third kappa shape index (κ3) is 4.22. The zero-order chi connectivity index (χ0) is 12.0. The van der Waals surface area contributed by atoms with Crippen molar-refractivity contribution in [3.8, 4) is 0 Å².